The van der Waals surface area contributed by atoms with Gasteiger partial charge in [-0.25, -0.2) is 4.98 Å². The molecule has 1 N–H and O–H groups in total. The van der Waals surface area contributed by atoms with Gasteiger partial charge in [-0.3, -0.25) is 9.59 Å². The van der Waals surface area contributed by atoms with Crippen molar-refractivity contribution in [3.05, 3.63) is 57.8 Å². The number of aromatic nitrogens is 1. The number of nitrogens with zero attached hydrogens (tertiary/aromatic N) is 3. The number of hydrogen-bond acceptors (Lipinski definition) is 4. The van der Waals surface area contributed by atoms with Crippen LogP contribution in [-0.2, 0) is 0 Å². The molecule has 1 fully saturated rings. The first-order valence-corrected chi connectivity index (χ1v) is 9.65. The number of nitrogens with one attached hydrogen (secondary N) is 1. The van der Waals surface area contributed by atoms with E-state index in [0.717, 1.165) is 29.7 Å². The average molecular weight is 431 g/mol. The number of pyridine rings is 1. The monoisotopic (exact) mass is 430 g/mol. The highest BCUT2D eigenvalue weighted by Gasteiger charge is 2.26. The second kappa shape index (κ2) is 8.08. The Kier molecular flexibility index (Phi) is 5.79. The van der Waals surface area contributed by atoms with E-state index in [9.17, 15) is 9.59 Å². The first-order chi connectivity index (χ1) is 12.9. The number of halogens is 1. The minimum absolute atomic E-state index is 0.0760. The lowest BCUT2D eigenvalue weighted by molar-refractivity contribution is 0.0820. The fourth-order valence-corrected chi connectivity index (χ4v) is 3.75. The van der Waals surface area contributed by atoms with Gasteiger partial charge in [0.1, 0.15) is 5.69 Å². The number of aryl methyl sites for hydroxylation is 1. The zero-order valence-corrected chi connectivity index (χ0v) is 17.3. The Hall–Kier alpha value is -2.41. The molecule has 2 amide bonds. The largest absolute Gasteiger partial charge is 0.368 e. The molecule has 27 heavy (non-hydrogen) atoms. The van der Waals surface area contributed by atoms with Crippen molar-refractivity contribution in [2.24, 2.45) is 0 Å². The number of carbonyl (C=O) groups is 2. The number of para-hydroxylation sites is 1. The van der Waals surface area contributed by atoms with E-state index in [-0.39, 0.29) is 17.9 Å². The second-order valence-electron chi connectivity index (χ2n) is 6.89. The molecule has 2 aromatic rings. The van der Waals surface area contributed by atoms with Crippen molar-refractivity contribution < 1.29 is 9.59 Å². The molecule has 1 unspecified atom stereocenters. The summed E-state index contributed by atoms with van der Waals surface area (Å²) in [7, 11) is 3.35. The maximum atomic E-state index is 12.7. The summed E-state index contributed by atoms with van der Waals surface area (Å²) in [5.41, 5.74) is 2.54. The number of carbonyl (C=O) groups excluding carboxylic acids is 2. The summed E-state index contributed by atoms with van der Waals surface area (Å²) in [6.45, 7) is 3.41. The molecule has 0 bridgehead atoms. The van der Waals surface area contributed by atoms with Gasteiger partial charge >= 0.3 is 0 Å². The first kappa shape index (κ1) is 19.4. The van der Waals surface area contributed by atoms with Crippen molar-refractivity contribution in [3.63, 3.8) is 0 Å². The lowest BCUT2D eigenvalue weighted by Gasteiger charge is -2.20. The molecule has 6 nitrogen and oxygen atoms in total. The Morgan fingerprint density at radius 3 is 2.63 bits per heavy atom. The van der Waals surface area contributed by atoms with Gasteiger partial charge in [-0.2, -0.15) is 0 Å². The Morgan fingerprint density at radius 2 is 1.96 bits per heavy atom. The Morgan fingerprint density at radius 1 is 1.22 bits per heavy atom. The third kappa shape index (κ3) is 4.30. The van der Waals surface area contributed by atoms with E-state index in [2.05, 4.69) is 37.2 Å². The topological polar surface area (TPSA) is 65.5 Å². The number of amides is 2. The fraction of sp³-hybridized carbons (Fsp3) is 0.350. The van der Waals surface area contributed by atoms with E-state index < -0.39 is 0 Å². The third-order valence-corrected chi connectivity index (χ3v) is 5.34. The molecule has 0 saturated carbocycles. The minimum Gasteiger partial charge on any atom is -0.368 e. The van der Waals surface area contributed by atoms with Crippen molar-refractivity contribution in [3.8, 4) is 0 Å². The summed E-state index contributed by atoms with van der Waals surface area (Å²) in [4.78, 5) is 32.7. The highest BCUT2D eigenvalue weighted by Crippen LogP contribution is 2.28. The highest BCUT2D eigenvalue weighted by atomic mass is 79.9. The molecule has 0 radical (unpaired) electrons. The van der Waals surface area contributed by atoms with Crippen LogP contribution >= 0.6 is 15.9 Å². The van der Waals surface area contributed by atoms with E-state index >= 15 is 0 Å². The summed E-state index contributed by atoms with van der Waals surface area (Å²) < 4.78 is 1.05. The van der Waals surface area contributed by atoms with Crippen LogP contribution in [0.2, 0.25) is 0 Å². The molecule has 1 aliphatic heterocycles. The molecule has 1 aliphatic rings. The molecule has 1 aromatic carbocycles. The maximum absolute atomic E-state index is 12.7. The first-order valence-electron chi connectivity index (χ1n) is 8.86. The van der Waals surface area contributed by atoms with Gasteiger partial charge in [-0.15, -0.1) is 0 Å². The molecular formula is C20H23BrN4O2. The van der Waals surface area contributed by atoms with Gasteiger partial charge in [-0.1, -0.05) is 12.1 Å². The molecule has 0 spiro atoms. The summed E-state index contributed by atoms with van der Waals surface area (Å²) in [5.74, 6) is -0.326. The van der Waals surface area contributed by atoms with Crippen LogP contribution in [0.4, 0.5) is 5.69 Å². The van der Waals surface area contributed by atoms with E-state index in [1.54, 1.807) is 33.2 Å². The van der Waals surface area contributed by atoms with Gasteiger partial charge in [0, 0.05) is 37.7 Å². The standard InChI is InChI=1S/C20H23BrN4O2/c1-13-15(8-9-17(22-13)20(27)24(2)3)19(26)23-14-10-11-25(12-14)18-7-5-4-6-16(18)21/h4-9,14H,10-12H2,1-3H3,(H,23,26). The van der Waals surface area contributed by atoms with Gasteiger partial charge in [-0.05, 0) is 53.5 Å². The summed E-state index contributed by atoms with van der Waals surface area (Å²) in [6, 6.07) is 11.4. The lowest BCUT2D eigenvalue weighted by Crippen LogP contribution is -2.37. The molecule has 2 heterocycles. The fourth-order valence-electron chi connectivity index (χ4n) is 3.22. The number of anilines is 1. The van der Waals surface area contributed by atoms with E-state index in [4.69, 9.17) is 0 Å². The highest BCUT2D eigenvalue weighted by molar-refractivity contribution is 9.10. The Balaban J connectivity index is 1.66. The molecule has 3 rings (SSSR count). The van der Waals surface area contributed by atoms with Crippen molar-refractivity contribution in [1.82, 2.24) is 15.2 Å². The van der Waals surface area contributed by atoms with Crippen LogP contribution in [-0.4, -0.2) is 54.9 Å². The van der Waals surface area contributed by atoms with Crippen molar-refractivity contribution in [2.75, 3.05) is 32.1 Å². The van der Waals surface area contributed by atoms with E-state index in [0.29, 0.717) is 17.0 Å². The van der Waals surface area contributed by atoms with Crippen LogP contribution in [0, 0.1) is 6.92 Å². The molecule has 142 valence electrons. The predicted octanol–water partition coefficient (Wildman–Crippen LogP) is 2.86. The van der Waals surface area contributed by atoms with Gasteiger partial charge in [0.15, 0.2) is 0 Å². The van der Waals surface area contributed by atoms with Crippen LogP contribution in [0.25, 0.3) is 0 Å². The van der Waals surface area contributed by atoms with Crippen LogP contribution in [0.3, 0.4) is 0 Å². The quantitative estimate of drug-likeness (QED) is 0.809. The SMILES string of the molecule is Cc1nc(C(=O)N(C)C)ccc1C(=O)NC1CCN(c2ccccc2Br)C1. The van der Waals surface area contributed by atoms with Gasteiger partial charge < -0.3 is 15.1 Å². The van der Waals surface area contributed by atoms with Crippen LogP contribution in [0.1, 0.15) is 33.0 Å². The van der Waals surface area contributed by atoms with Crippen LogP contribution in [0.5, 0.6) is 0 Å². The predicted molar refractivity (Wildman–Crippen MR) is 109 cm³/mol. The number of benzene rings is 1. The second-order valence-corrected chi connectivity index (χ2v) is 7.74. The normalized spacial score (nSPS) is 16.3. The summed E-state index contributed by atoms with van der Waals surface area (Å²) >= 11 is 3.58. The Labute approximate surface area is 167 Å². The number of hydrogen-bond donors (Lipinski definition) is 1. The van der Waals surface area contributed by atoms with Gasteiger partial charge in [0.05, 0.1) is 16.9 Å². The van der Waals surface area contributed by atoms with Crippen LogP contribution in [0.15, 0.2) is 40.9 Å². The summed E-state index contributed by atoms with van der Waals surface area (Å²) in [6.07, 6.45) is 0.886. The van der Waals surface area contributed by atoms with Crippen molar-refractivity contribution in [2.45, 2.75) is 19.4 Å². The van der Waals surface area contributed by atoms with Crippen LogP contribution < -0.4 is 10.2 Å². The molecule has 0 aliphatic carbocycles. The van der Waals surface area contributed by atoms with Gasteiger partial charge in [0.2, 0.25) is 0 Å². The van der Waals surface area contributed by atoms with Crippen molar-refractivity contribution >= 4 is 33.4 Å². The zero-order valence-electron chi connectivity index (χ0n) is 15.7. The Bertz CT molecular complexity index is 869. The number of rotatable bonds is 4. The van der Waals surface area contributed by atoms with Crippen molar-refractivity contribution in [1.29, 1.82) is 0 Å². The van der Waals surface area contributed by atoms with E-state index in [1.807, 2.05) is 18.2 Å². The molecule has 1 aromatic heterocycles. The minimum atomic E-state index is -0.176. The average Bonchev–Trinajstić information content (AvgIpc) is 3.09. The lowest BCUT2D eigenvalue weighted by atomic mass is 10.1. The zero-order chi connectivity index (χ0) is 19.6. The molecule has 1 atom stereocenters. The van der Waals surface area contributed by atoms with Gasteiger partial charge in [0.25, 0.3) is 11.8 Å². The molecule has 1 saturated heterocycles. The maximum Gasteiger partial charge on any atom is 0.271 e. The van der Waals surface area contributed by atoms with E-state index in [1.165, 1.54) is 4.90 Å². The molecule has 7 heteroatoms. The third-order valence-electron chi connectivity index (χ3n) is 4.67. The smallest absolute Gasteiger partial charge is 0.271 e. The summed E-state index contributed by atoms with van der Waals surface area (Å²) in [5, 5.41) is 3.10. The molecular weight excluding hydrogens is 408 g/mol.